The number of alkyl carbamates (subject to hydrolysis) is 1. The van der Waals surface area contributed by atoms with E-state index in [1.165, 1.54) is 4.90 Å². The van der Waals surface area contributed by atoms with Gasteiger partial charge in [0.2, 0.25) is 17.6 Å². The Kier molecular flexibility index (Phi) is 9.53. The summed E-state index contributed by atoms with van der Waals surface area (Å²) in [5.74, 6) is -2.29. The van der Waals surface area contributed by atoms with Crippen molar-refractivity contribution in [3.05, 3.63) is 0 Å². The zero-order valence-electron chi connectivity index (χ0n) is 22.8. The number of Topliss-reactive ketones (excluding diaryl/α,β-unsaturated/α-hetero) is 1. The number of likely N-dealkylation sites (tertiary alicyclic amines) is 1. The summed E-state index contributed by atoms with van der Waals surface area (Å²) in [5.41, 5.74) is 3.84. The lowest BCUT2D eigenvalue weighted by Crippen LogP contribution is -2.59. The number of nitrogens with two attached hydrogens (primary N) is 1. The van der Waals surface area contributed by atoms with E-state index in [1.807, 2.05) is 27.7 Å². The summed E-state index contributed by atoms with van der Waals surface area (Å²) < 4.78 is 5.35. The van der Waals surface area contributed by atoms with Crippen molar-refractivity contribution < 1.29 is 28.7 Å². The molecule has 1 aliphatic heterocycles. The molecular formula is C26H44N4O6. The fourth-order valence-electron chi connectivity index (χ4n) is 4.67. The van der Waals surface area contributed by atoms with E-state index >= 15 is 0 Å². The number of ketones is 1. The second-order valence-electron chi connectivity index (χ2n) is 12.5. The molecule has 0 bridgehead atoms. The molecule has 2 rings (SSSR count). The molecule has 0 aromatic rings. The fourth-order valence-corrected chi connectivity index (χ4v) is 4.67. The molecule has 0 aromatic carbocycles. The molecule has 10 heteroatoms. The van der Waals surface area contributed by atoms with Crippen LogP contribution in [0.1, 0.15) is 87.0 Å². The third-order valence-electron chi connectivity index (χ3n) is 6.83. The van der Waals surface area contributed by atoms with E-state index in [4.69, 9.17) is 10.5 Å². The number of hydrogen-bond donors (Lipinski definition) is 3. The van der Waals surface area contributed by atoms with E-state index in [0.29, 0.717) is 25.3 Å². The van der Waals surface area contributed by atoms with Gasteiger partial charge in [-0.25, -0.2) is 4.79 Å². The monoisotopic (exact) mass is 508 g/mol. The Morgan fingerprint density at radius 3 is 2.11 bits per heavy atom. The molecule has 2 aliphatic rings. The number of amides is 4. The van der Waals surface area contributed by atoms with Crippen LogP contribution in [0.25, 0.3) is 0 Å². The van der Waals surface area contributed by atoms with E-state index in [-0.39, 0.29) is 5.92 Å². The Labute approximate surface area is 214 Å². The number of carbonyl (C=O) groups excluding carboxylic acids is 5. The van der Waals surface area contributed by atoms with Gasteiger partial charge in [0.15, 0.2) is 0 Å². The highest BCUT2D eigenvalue weighted by molar-refractivity contribution is 6.37. The van der Waals surface area contributed by atoms with E-state index in [1.54, 1.807) is 20.8 Å². The molecule has 1 saturated carbocycles. The van der Waals surface area contributed by atoms with E-state index in [0.717, 1.165) is 25.7 Å². The zero-order valence-corrected chi connectivity index (χ0v) is 22.8. The van der Waals surface area contributed by atoms with Crippen molar-refractivity contribution in [1.82, 2.24) is 15.5 Å². The number of carbonyl (C=O) groups is 5. The second-order valence-corrected chi connectivity index (χ2v) is 12.5. The molecule has 10 nitrogen and oxygen atoms in total. The molecule has 0 aromatic heterocycles. The first-order chi connectivity index (χ1) is 16.5. The predicted molar refractivity (Wildman–Crippen MR) is 135 cm³/mol. The summed E-state index contributed by atoms with van der Waals surface area (Å²) in [6, 6.07) is -2.78. The van der Waals surface area contributed by atoms with Gasteiger partial charge in [-0.2, -0.15) is 0 Å². The van der Waals surface area contributed by atoms with Gasteiger partial charge >= 0.3 is 6.09 Å². The molecule has 1 aliphatic carbocycles. The molecule has 4 amide bonds. The number of hydrogen-bond acceptors (Lipinski definition) is 6. The quantitative estimate of drug-likeness (QED) is 0.407. The predicted octanol–water partition coefficient (Wildman–Crippen LogP) is 2.28. The van der Waals surface area contributed by atoms with Crippen LogP contribution >= 0.6 is 0 Å². The molecule has 4 N–H and O–H groups in total. The van der Waals surface area contributed by atoms with Gasteiger partial charge in [-0.15, -0.1) is 0 Å². The smallest absolute Gasteiger partial charge is 0.408 e. The number of nitrogens with zero attached hydrogens (tertiary/aromatic N) is 1. The normalized spacial score (nSPS) is 22.2. The Bertz CT molecular complexity index is 855. The summed E-state index contributed by atoms with van der Waals surface area (Å²) in [6.07, 6.45) is 4.04. The third-order valence-corrected chi connectivity index (χ3v) is 6.83. The van der Waals surface area contributed by atoms with Crippen molar-refractivity contribution in [3.63, 3.8) is 0 Å². The number of rotatable bonds is 9. The van der Waals surface area contributed by atoms with E-state index in [9.17, 15) is 24.0 Å². The highest BCUT2D eigenvalue weighted by Crippen LogP contribution is 2.31. The first-order valence-corrected chi connectivity index (χ1v) is 12.9. The van der Waals surface area contributed by atoms with Crippen LogP contribution in [0.3, 0.4) is 0 Å². The summed E-state index contributed by atoms with van der Waals surface area (Å²) >= 11 is 0. The molecule has 1 saturated heterocycles. The standard InChI is InChI=1S/C26H44N4O6/c1-15-13-18(22(33)28-17(19(31)21(27)32)12-11-16-9-8-10-16)30(14-15)23(34)20(25(2,3)4)29-24(35)36-26(5,6)7/h15-18,20H,8-14H2,1-7H3,(H2,27,32)(H,28,33)(H,29,35)/t15-,17?,18?,20-/m1/s1. The first kappa shape index (κ1) is 29.6. The van der Waals surface area contributed by atoms with Gasteiger partial charge in [-0.3, -0.25) is 19.2 Å². The topological polar surface area (TPSA) is 148 Å². The molecular weight excluding hydrogens is 464 g/mol. The molecule has 0 spiro atoms. The highest BCUT2D eigenvalue weighted by Gasteiger charge is 2.45. The molecule has 204 valence electrons. The van der Waals surface area contributed by atoms with E-state index in [2.05, 4.69) is 10.6 Å². The Morgan fingerprint density at radius 1 is 1.03 bits per heavy atom. The van der Waals surface area contributed by atoms with Gasteiger partial charge < -0.3 is 26.0 Å². The SMILES string of the molecule is C[C@@H]1CC(C(=O)NC(CCC2CCC2)C(=O)C(N)=O)N(C(=O)[C@@H](NC(=O)OC(C)(C)C)C(C)(C)C)C1. The van der Waals surface area contributed by atoms with Crippen LogP contribution in [0.15, 0.2) is 0 Å². The minimum Gasteiger partial charge on any atom is -0.444 e. The van der Waals surface area contributed by atoms with Gasteiger partial charge in [0.05, 0.1) is 6.04 Å². The zero-order chi connectivity index (χ0) is 27.4. The summed E-state index contributed by atoms with van der Waals surface area (Å²) in [7, 11) is 0. The summed E-state index contributed by atoms with van der Waals surface area (Å²) in [4.78, 5) is 65.0. The summed E-state index contributed by atoms with van der Waals surface area (Å²) in [6.45, 7) is 12.9. The van der Waals surface area contributed by atoms with Gasteiger partial charge in [0, 0.05) is 6.54 Å². The average molecular weight is 509 g/mol. The van der Waals surface area contributed by atoms with Crippen molar-refractivity contribution in [3.8, 4) is 0 Å². The number of primary amides is 1. The van der Waals surface area contributed by atoms with Gasteiger partial charge in [-0.05, 0) is 57.3 Å². The van der Waals surface area contributed by atoms with E-state index < -0.39 is 58.7 Å². The van der Waals surface area contributed by atoms with Gasteiger partial charge in [0.25, 0.3) is 5.91 Å². The largest absolute Gasteiger partial charge is 0.444 e. The van der Waals surface area contributed by atoms with Crippen molar-refractivity contribution >= 4 is 29.6 Å². The minimum absolute atomic E-state index is 0.0344. The van der Waals surface area contributed by atoms with Crippen LogP contribution in [0.5, 0.6) is 0 Å². The lowest BCUT2D eigenvalue weighted by molar-refractivity contribution is -0.143. The van der Waals surface area contributed by atoms with Crippen LogP contribution < -0.4 is 16.4 Å². The average Bonchev–Trinajstić information content (AvgIpc) is 3.08. The third kappa shape index (κ3) is 8.20. The molecule has 2 fully saturated rings. The van der Waals surface area contributed by atoms with Crippen LogP contribution in [0, 0.1) is 17.3 Å². The molecule has 4 atom stereocenters. The minimum atomic E-state index is -1.09. The van der Waals surface area contributed by atoms with Crippen LogP contribution in [-0.4, -0.2) is 64.8 Å². The van der Waals surface area contributed by atoms with Crippen molar-refractivity contribution in [2.45, 2.75) is 111 Å². The number of nitrogens with one attached hydrogen (secondary N) is 2. The molecule has 1 heterocycles. The maximum absolute atomic E-state index is 13.7. The lowest BCUT2D eigenvalue weighted by Gasteiger charge is -2.36. The van der Waals surface area contributed by atoms with Crippen molar-refractivity contribution in [2.24, 2.45) is 23.0 Å². The second kappa shape index (κ2) is 11.6. The highest BCUT2D eigenvalue weighted by atomic mass is 16.6. The Balaban J connectivity index is 2.19. The molecule has 0 radical (unpaired) electrons. The Hall–Kier alpha value is -2.65. The van der Waals surface area contributed by atoms with Gasteiger partial charge in [0.1, 0.15) is 17.7 Å². The summed E-state index contributed by atoms with van der Waals surface area (Å²) in [5, 5.41) is 5.39. The maximum Gasteiger partial charge on any atom is 0.408 e. The van der Waals surface area contributed by atoms with Crippen LogP contribution in [0.4, 0.5) is 4.79 Å². The van der Waals surface area contributed by atoms with Crippen LogP contribution in [-0.2, 0) is 23.9 Å². The molecule has 2 unspecified atom stereocenters. The lowest BCUT2D eigenvalue weighted by atomic mass is 9.81. The van der Waals surface area contributed by atoms with Gasteiger partial charge in [-0.1, -0.05) is 47.0 Å². The van der Waals surface area contributed by atoms with Crippen molar-refractivity contribution in [2.75, 3.05) is 6.54 Å². The fraction of sp³-hybridized carbons (Fsp3) is 0.808. The van der Waals surface area contributed by atoms with Crippen LogP contribution in [0.2, 0.25) is 0 Å². The molecule has 36 heavy (non-hydrogen) atoms. The maximum atomic E-state index is 13.7. The first-order valence-electron chi connectivity index (χ1n) is 12.9. The number of ether oxygens (including phenoxy) is 1. The van der Waals surface area contributed by atoms with Crippen molar-refractivity contribution in [1.29, 1.82) is 0 Å². The Morgan fingerprint density at radius 2 is 1.64 bits per heavy atom.